The van der Waals surface area contributed by atoms with E-state index < -0.39 is 5.60 Å². The maximum absolute atomic E-state index is 8.52. The summed E-state index contributed by atoms with van der Waals surface area (Å²) < 4.78 is 0. The Morgan fingerprint density at radius 1 is 1.14 bits per heavy atom. The van der Waals surface area contributed by atoms with Crippen molar-refractivity contribution in [1.82, 2.24) is 0 Å². The van der Waals surface area contributed by atoms with Gasteiger partial charge in [0.2, 0.25) is 0 Å². The molecule has 46 valence electrons. The molecule has 0 saturated heterocycles. The highest BCUT2D eigenvalue weighted by molar-refractivity contribution is 4.50. The van der Waals surface area contributed by atoms with E-state index in [1.807, 2.05) is 0 Å². The zero-order chi connectivity index (χ0) is 6.50. The Kier molecular flexibility index (Phi) is 5.78. The minimum Gasteiger partial charge on any atom is -0.391 e. The van der Waals surface area contributed by atoms with Crippen molar-refractivity contribution < 1.29 is 5.11 Å². The van der Waals surface area contributed by atoms with Crippen LogP contribution in [0.2, 0.25) is 0 Å². The molecule has 7 heavy (non-hydrogen) atoms. The van der Waals surface area contributed by atoms with Gasteiger partial charge in [0.15, 0.2) is 0 Å². The molecule has 5 N–H and O–H groups in total. The Hall–Kier alpha value is -0.120. The molecule has 0 unspecified atom stereocenters. The monoisotopic (exact) mass is 106 g/mol. The lowest BCUT2D eigenvalue weighted by molar-refractivity contribution is 0.102. The second-order valence-electron chi connectivity index (χ2n) is 2.17. The molecule has 0 heterocycles. The number of nitrogens with two attached hydrogens (primary N) is 2. The Balaban J connectivity index is 0. The topological polar surface area (TPSA) is 72.3 Å². The van der Waals surface area contributed by atoms with Gasteiger partial charge in [-0.05, 0) is 20.8 Å². The molecule has 0 aromatic carbocycles. The molecular formula is C4H14N2O. The third-order valence-electron chi connectivity index (χ3n) is 0. The molecule has 0 aliphatic carbocycles. The Labute approximate surface area is 44.3 Å². The van der Waals surface area contributed by atoms with Gasteiger partial charge in [-0.2, -0.15) is 0 Å². The quantitative estimate of drug-likeness (QED) is 0.290. The van der Waals surface area contributed by atoms with Crippen LogP contribution in [0.4, 0.5) is 0 Å². The highest BCUT2D eigenvalue weighted by atomic mass is 16.3. The van der Waals surface area contributed by atoms with Crippen LogP contribution < -0.4 is 11.7 Å². The second kappa shape index (κ2) is 4.05. The molecule has 0 fully saturated rings. The first-order valence-corrected chi connectivity index (χ1v) is 2.06. The first-order chi connectivity index (χ1) is 3.00. The van der Waals surface area contributed by atoms with Gasteiger partial charge in [-0.25, -0.2) is 0 Å². The van der Waals surface area contributed by atoms with Crippen LogP contribution in [0.3, 0.4) is 0 Å². The predicted molar refractivity (Wildman–Crippen MR) is 30.3 cm³/mol. The van der Waals surface area contributed by atoms with E-state index in [0.29, 0.717) is 0 Å². The van der Waals surface area contributed by atoms with Crippen molar-refractivity contribution >= 4 is 0 Å². The van der Waals surface area contributed by atoms with Crippen molar-refractivity contribution in [1.29, 1.82) is 0 Å². The van der Waals surface area contributed by atoms with Gasteiger partial charge in [0, 0.05) is 0 Å². The maximum Gasteiger partial charge on any atom is 0.0563 e. The van der Waals surface area contributed by atoms with Crippen molar-refractivity contribution in [2.45, 2.75) is 26.4 Å². The van der Waals surface area contributed by atoms with Crippen LogP contribution in [0, 0.1) is 0 Å². The van der Waals surface area contributed by atoms with Crippen molar-refractivity contribution in [3.05, 3.63) is 0 Å². The minimum atomic E-state index is -0.500. The molecular weight excluding hydrogens is 92.1 g/mol. The van der Waals surface area contributed by atoms with Gasteiger partial charge in [0.25, 0.3) is 0 Å². The van der Waals surface area contributed by atoms with Gasteiger partial charge in [-0.1, -0.05) is 0 Å². The lowest BCUT2D eigenvalue weighted by Gasteiger charge is -2.04. The average Bonchev–Trinajstić information content (AvgIpc) is 1.36. The van der Waals surface area contributed by atoms with E-state index >= 15 is 0 Å². The highest BCUT2D eigenvalue weighted by Crippen LogP contribution is 1.93. The minimum absolute atomic E-state index is 0.500. The van der Waals surface area contributed by atoms with Crippen LogP contribution >= 0.6 is 0 Å². The molecule has 3 nitrogen and oxygen atoms in total. The largest absolute Gasteiger partial charge is 0.391 e. The summed E-state index contributed by atoms with van der Waals surface area (Å²) in [6.45, 7) is 5.23. The molecule has 3 heteroatoms. The lowest BCUT2D eigenvalue weighted by atomic mass is 10.2. The number of hydrogen-bond acceptors (Lipinski definition) is 3. The van der Waals surface area contributed by atoms with E-state index in [2.05, 4.69) is 11.7 Å². The van der Waals surface area contributed by atoms with Gasteiger partial charge in [0.05, 0.1) is 5.60 Å². The normalized spacial score (nSPS) is 9.43. The number of rotatable bonds is 0. The zero-order valence-electron chi connectivity index (χ0n) is 5.10. The van der Waals surface area contributed by atoms with Gasteiger partial charge in [-0.15, -0.1) is 0 Å². The van der Waals surface area contributed by atoms with Crippen molar-refractivity contribution in [3.63, 3.8) is 0 Å². The summed E-state index contributed by atoms with van der Waals surface area (Å²) >= 11 is 0. The first kappa shape index (κ1) is 9.99. The van der Waals surface area contributed by atoms with E-state index in [0.717, 1.165) is 0 Å². The molecule has 0 rings (SSSR count). The van der Waals surface area contributed by atoms with E-state index in [-0.39, 0.29) is 0 Å². The SMILES string of the molecule is CC(C)(C)O.NN. The molecule has 0 aromatic heterocycles. The van der Waals surface area contributed by atoms with Crippen molar-refractivity contribution in [2.75, 3.05) is 0 Å². The van der Waals surface area contributed by atoms with Gasteiger partial charge in [-0.3, -0.25) is 11.7 Å². The second-order valence-corrected chi connectivity index (χ2v) is 2.17. The van der Waals surface area contributed by atoms with E-state index in [1.165, 1.54) is 0 Å². The number of hydrazine groups is 1. The molecule has 0 spiro atoms. The third kappa shape index (κ3) is 6150. The Bertz CT molecular complexity index is 25.2. The van der Waals surface area contributed by atoms with Crippen LogP contribution in [0.25, 0.3) is 0 Å². The zero-order valence-corrected chi connectivity index (χ0v) is 5.10. The Morgan fingerprint density at radius 2 is 1.14 bits per heavy atom. The highest BCUT2D eigenvalue weighted by Gasteiger charge is 1.97. The van der Waals surface area contributed by atoms with Crippen LogP contribution in [0.15, 0.2) is 0 Å². The maximum atomic E-state index is 8.52. The fraction of sp³-hybridized carbons (Fsp3) is 1.00. The molecule has 0 radical (unpaired) electrons. The van der Waals surface area contributed by atoms with Crippen molar-refractivity contribution in [3.8, 4) is 0 Å². The fourth-order valence-corrected chi connectivity index (χ4v) is 0. The van der Waals surface area contributed by atoms with Crippen LogP contribution in [0.5, 0.6) is 0 Å². The van der Waals surface area contributed by atoms with E-state index in [4.69, 9.17) is 5.11 Å². The smallest absolute Gasteiger partial charge is 0.0563 e. The van der Waals surface area contributed by atoms with Gasteiger partial charge < -0.3 is 5.11 Å². The summed E-state index contributed by atoms with van der Waals surface area (Å²) in [5.74, 6) is 8.00. The summed E-state index contributed by atoms with van der Waals surface area (Å²) in [5, 5.41) is 8.52. The lowest BCUT2D eigenvalue weighted by Crippen LogP contribution is -2.10. The molecule has 0 amide bonds. The summed E-state index contributed by atoms with van der Waals surface area (Å²) in [5.41, 5.74) is -0.500. The average molecular weight is 106 g/mol. The van der Waals surface area contributed by atoms with Gasteiger partial charge in [0.1, 0.15) is 0 Å². The number of hydrogen-bond donors (Lipinski definition) is 3. The number of aliphatic hydroxyl groups is 1. The van der Waals surface area contributed by atoms with Gasteiger partial charge >= 0.3 is 0 Å². The van der Waals surface area contributed by atoms with E-state index in [9.17, 15) is 0 Å². The molecule has 0 bridgehead atoms. The molecule has 0 saturated carbocycles. The summed E-state index contributed by atoms with van der Waals surface area (Å²) in [6.07, 6.45) is 0. The first-order valence-electron chi connectivity index (χ1n) is 2.06. The molecule has 0 aromatic rings. The summed E-state index contributed by atoms with van der Waals surface area (Å²) in [7, 11) is 0. The molecule has 0 aliphatic rings. The summed E-state index contributed by atoms with van der Waals surface area (Å²) in [4.78, 5) is 0. The van der Waals surface area contributed by atoms with Crippen LogP contribution in [0.1, 0.15) is 20.8 Å². The van der Waals surface area contributed by atoms with Crippen molar-refractivity contribution in [2.24, 2.45) is 11.7 Å². The fourth-order valence-electron chi connectivity index (χ4n) is 0. The Morgan fingerprint density at radius 3 is 1.14 bits per heavy atom. The van der Waals surface area contributed by atoms with E-state index in [1.54, 1.807) is 20.8 Å². The molecule has 0 atom stereocenters. The van der Waals surface area contributed by atoms with Crippen LogP contribution in [-0.2, 0) is 0 Å². The molecule has 0 aliphatic heterocycles. The summed E-state index contributed by atoms with van der Waals surface area (Å²) in [6, 6.07) is 0. The predicted octanol–water partition coefficient (Wildman–Crippen LogP) is -0.404. The third-order valence-corrected chi connectivity index (χ3v) is 0. The standard InChI is InChI=1S/C4H10O.H4N2/c1-4(2,3)5;1-2/h5H,1-3H3;1-2H2. The van der Waals surface area contributed by atoms with Crippen LogP contribution in [-0.4, -0.2) is 10.7 Å².